The first-order chi connectivity index (χ1) is 7.58. The molecule has 0 saturated heterocycles. The number of carboxylic acids is 2. The minimum atomic E-state index is -1.06. The summed E-state index contributed by atoms with van der Waals surface area (Å²) in [5.41, 5.74) is 0. The van der Waals surface area contributed by atoms with Gasteiger partial charge in [0.1, 0.15) is 19.4 Å². The lowest BCUT2D eigenvalue weighted by molar-refractivity contribution is -0.135. The normalized spacial score (nSPS) is 9.50. The van der Waals surface area contributed by atoms with Crippen LogP contribution in [0.5, 0.6) is 0 Å². The molecule has 9 heteroatoms. The van der Waals surface area contributed by atoms with Gasteiger partial charge in [0.15, 0.2) is 0 Å². The average molecular weight is 227 g/mol. The van der Waals surface area contributed by atoms with Crippen LogP contribution in [0.4, 0.5) is 11.9 Å². The Bertz CT molecular complexity index is 363. The number of aromatic nitrogens is 3. The third-order valence-electron chi connectivity index (χ3n) is 1.37. The topological polar surface area (TPSA) is 137 Å². The summed E-state index contributed by atoms with van der Waals surface area (Å²) in [5, 5.41) is 21.6. The van der Waals surface area contributed by atoms with Gasteiger partial charge in [0, 0.05) is 0 Å². The van der Waals surface area contributed by atoms with E-state index in [0.29, 0.717) is 0 Å². The van der Waals surface area contributed by atoms with Crippen molar-refractivity contribution in [3.63, 3.8) is 0 Å². The Labute approximate surface area is 89.6 Å². The van der Waals surface area contributed by atoms with Crippen molar-refractivity contribution in [2.24, 2.45) is 0 Å². The fraction of sp³-hybridized carbons (Fsp3) is 0.286. The quantitative estimate of drug-likeness (QED) is 0.475. The summed E-state index contributed by atoms with van der Waals surface area (Å²) in [6.45, 7) is -0.662. The maximum Gasteiger partial charge on any atom is 0.322 e. The first-order valence-corrected chi connectivity index (χ1v) is 4.18. The second-order valence-electron chi connectivity index (χ2n) is 2.63. The molecule has 0 aliphatic rings. The molecule has 1 aromatic heterocycles. The van der Waals surface area contributed by atoms with Gasteiger partial charge in [0.2, 0.25) is 11.9 Å². The summed E-state index contributed by atoms with van der Waals surface area (Å²) >= 11 is 0. The van der Waals surface area contributed by atoms with Gasteiger partial charge in [-0.3, -0.25) is 9.59 Å². The molecule has 0 atom stereocenters. The zero-order chi connectivity index (χ0) is 12.0. The van der Waals surface area contributed by atoms with Gasteiger partial charge in [-0.2, -0.15) is 4.98 Å². The van der Waals surface area contributed by atoms with E-state index in [-0.39, 0.29) is 25.0 Å². The van der Waals surface area contributed by atoms with E-state index < -0.39 is 11.9 Å². The maximum atomic E-state index is 10.2. The molecule has 0 spiro atoms. The van der Waals surface area contributed by atoms with E-state index in [9.17, 15) is 9.59 Å². The van der Waals surface area contributed by atoms with Crippen molar-refractivity contribution in [1.82, 2.24) is 15.0 Å². The van der Waals surface area contributed by atoms with E-state index in [2.05, 4.69) is 25.6 Å². The van der Waals surface area contributed by atoms with Crippen LogP contribution in [-0.2, 0) is 9.59 Å². The molecule has 1 aromatic rings. The van der Waals surface area contributed by atoms with Crippen LogP contribution in [0.2, 0.25) is 0 Å². The Morgan fingerprint density at radius 3 is 1.88 bits per heavy atom. The van der Waals surface area contributed by atoms with E-state index in [0.717, 1.165) is 6.33 Å². The number of carboxylic acid groups (broad SMARTS) is 2. The lowest BCUT2D eigenvalue weighted by atomic mass is 10.6. The largest absolute Gasteiger partial charge is 0.480 e. The number of hydrogen-bond acceptors (Lipinski definition) is 7. The molecule has 9 nitrogen and oxygen atoms in total. The lowest BCUT2D eigenvalue weighted by Gasteiger charge is -2.03. The molecular weight excluding hydrogens is 218 g/mol. The highest BCUT2D eigenvalue weighted by Gasteiger charge is 2.03. The molecule has 0 bridgehead atoms. The smallest absolute Gasteiger partial charge is 0.322 e. The van der Waals surface area contributed by atoms with Crippen LogP contribution in [0.1, 0.15) is 0 Å². The van der Waals surface area contributed by atoms with Crippen molar-refractivity contribution < 1.29 is 19.8 Å². The molecule has 0 unspecified atom stereocenters. The molecule has 1 heterocycles. The van der Waals surface area contributed by atoms with E-state index in [1.54, 1.807) is 0 Å². The monoisotopic (exact) mass is 227 g/mol. The maximum absolute atomic E-state index is 10.2. The van der Waals surface area contributed by atoms with E-state index in [1.807, 2.05) is 0 Å². The number of aliphatic carboxylic acids is 2. The van der Waals surface area contributed by atoms with Crippen LogP contribution in [0, 0.1) is 0 Å². The molecule has 0 aliphatic heterocycles. The highest BCUT2D eigenvalue weighted by Crippen LogP contribution is 2.00. The number of nitrogens with one attached hydrogen (secondary N) is 2. The SMILES string of the molecule is O=C(O)CNc1ncnc(NCC(=O)O)n1. The minimum Gasteiger partial charge on any atom is -0.480 e. The molecule has 0 fully saturated rings. The Kier molecular flexibility index (Phi) is 3.95. The summed E-state index contributed by atoms with van der Waals surface area (Å²) in [4.78, 5) is 31.5. The van der Waals surface area contributed by atoms with Crippen LogP contribution in [-0.4, -0.2) is 50.2 Å². The number of rotatable bonds is 6. The van der Waals surface area contributed by atoms with Gasteiger partial charge in [-0.25, -0.2) is 9.97 Å². The molecule has 0 saturated carbocycles. The molecule has 0 radical (unpaired) electrons. The number of anilines is 2. The van der Waals surface area contributed by atoms with E-state index >= 15 is 0 Å². The molecular formula is C7H9N5O4. The average Bonchev–Trinajstić information content (AvgIpc) is 2.24. The first-order valence-electron chi connectivity index (χ1n) is 4.18. The van der Waals surface area contributed by atoms with Crippen LogP contribution < -0.4 is 10.6 Å². The highest BCUT2D eigenvalue weighted by atomic mass is 16.4. The highest BCUT2D eigenvalue weighted by molar-refractivity contribution is 5.72. The second-order valence-corrected chi connectivity index (χ2v) is 2.63. The number of hydrogen-bond donors (Lipinski definition) is 4. The van der Waals surface area contributed by atoms with Crippen molar-refractivity contribution in [2.45, 2.75) is 0 Å². The molecule has 0 aliphatic carbocycles. The zero-order valence-electron chi connectivity index (χ0n) is 8.04. The zero-order valence-corrected chi connectivity index (χ0v) is 8.04. The second kappa shape index (κ2) is 5.44. The van der Waals surface area contributed by atoms with Crippen molar-refractivity contribution in [3.8, 4) is 0 Å². The fourth-order valence-corrected chi connectivity index (χ4v) is 0.776. The number of nitrogens with zero attached hydrogens (tertiary/aromatic N) is 3. The molecule has 86 valence electrons. The first kappa shape index (κ1) is 11.6. The fourth-order valence-electron chi connectivity index (χ4n) is 0.776. The number of carbonyl (C=O) groups is 2. The van der Waals surface area contributed by atoms with Crippen LogP contribution in [0.3, 0.4) is 0 Å². The Balaban J connectivity index is 2.56. The molecule has 16 heavy (non-hydrogen) atoms. The van der Waals surface area contributed by atoms with E-state index in [1.165, 1.54) is 0 Å². The van der Waals surface area contributed by atoms with Gasteiger partial charge in [0.25, 0.3) is 0 Å². The predicted octanol–water partition coefficient (Wildman–Crippen LogP) is -1.14. The molecule has 4 N–H and O–H groups in total. The standard InChI is InChI=1S/C7H9N5O4/c13-4(14)1-8-6-10-3-11-7(12-6)9-2-5(15)16/h3H,1-2H2,(H,13,14)(H,15,16)(H2,8,9,10,11,12). The lowest BCUT2D eigenvalue weighted by Crippen LogP contribution is -2.17. The van der Waals surface area contributed by atoms with E-state index in [4.69, 9.17) is 10.2 Å². The summed E-state index contributed by atoms with van der Waals surface area (Å²) in [6.07, 6.45) is 1.14. The van der Waals surface area contributed by atoms with Crippen molar-refractivity contribution in [1.29, 1.82) is 0 Å². The van der Waals surface area contributed by atoms with Gasteiger partial charge < -0.3 is 20.8 Å². The molecule has 0 amide bonds. The molecule has 1 rings (SSSR count). The summed E-state index contributed by atoms with van der Waals surface area (Å²) in [7, 11) is 0. The van der Waals surface area contributed by atoms with Gasteiger partial charge in [0.05, 0.1) is 0 Å². The van der Waals surface area contributed by atoms with Crippen LogP contribution in [0.25, 0.3) is 0 Å². The van der Waals surface area contributed by atoms with Gasteiger partial charge in [-0.05, 0) is 0 Å². The van der Waals surface area contributed by atoms with Gasteiger partial charge >= 0.3 is 11.9 Å². The Hall–Kier alpha value is -2.45. The van der Waals surface area contributed by atoms with Crippen molar-refractivity contribution >= 4 is 23.8 Å². The van der Waals surface area contributed by atoms with Crippen LogP contribution >= 0.6 is 0 Å². The Morgan fingerprint density at radius 2 is 1.50 bits per heavy atom. The molecule has 0 aromatic carbocycles. The minimum absolute atomic E-state index is 0.0605. The predicted molar refractivity (Wildman–Crippen MR) is 52.1 cm³/mol. The summed E-state index contributed by atoms with van der Waals surface area (Å²) < 4.78 is 0. The third-order valence-corrected chi connectivity index (χ3v) is 1.37. The van der Waals surface area contributed by atoms with Gasteiger partial charge in [-0.1, -0.05) is 0 Å². The Morgan fingerprint density at radius 1 is 1.06 bits per heavy atom. The van der Waals surface area contributed by atoms with Crippen molar-refractivity contribution in [3.05, 3.63) is 6.33 Å². The van der Waals surface area contributed by atoms with Crippen molar-refractivity contribution in [2.75, 3.05) is 23.7 Å². The third kappa shape index (κ3) is 4.17. The van der Waals surface area contributed by atoms with Gasteiger partial charge in [-0.15, -0.1) is 0 Å². The summed E-state index contributed by atoms with van der Waals surface area (Å²) in [5.74, 6) is -1.99. The van der Waals surface area contributed by atoms with Crippen LogP contribution in [0.15, 0.2) is 6.33 Å². The summed E-state index contributed by atoms with van der Waals surface area (Å²) in [6, 6.07) is 0.